The Kier molecular flexibility index (Phi) is 4.43. The van der Waals surface area contributed by atoms with E-state index < -0.39 is 10.0 Å². The van der Waals surface area contributed by atoms with E-state index in [1.807, 2.05) is 0 Å². The smallest absolute Gasteiger partial charge is 0.242 e. The lowest BCUT2D eigenvalue weighted by Gasteiger charge is -2.14. The van der Waals surface area contributed by atoms with E-state index in [1.165, 1.54) is 32.6 Å². The van der Waals surface area contributed by atoms with Crippen LogP contribution in [0.4, 0.5) is 11.4 Å². The summed E-state index contributed by atoms with van der Waals surface area (Å²) in [6.45, 7) is 0.559. The van der Waals surface area contributed by atoms with E-state index in [0.717, 1.165) is 4.31 Å². The summed E-state index contributed by atoms with van der Waals surface area (Å²) in [6, 6.07) is 4.59. The maximum absolute atomic E-state index is 12.0. The van der Waals surface area contributed by atoms with Gasteiger partial charge in [-0.2, -0.15) is 4.98 Å². The molecule has 0 atom stereocenters. The monoisotopic (exact) mass is 311 g/mol. The molecule has 9 heteroatoms. The molecule has 0 unspecified atom stereocenters. The van der Waals surface area contributed by atoms with Crippen molar-refractivity contribution in [2.45, 2.75) is 11.3 Å². The van der Waals surface area contributed by atoms with Crippen LogP contribution in [0.25, 0.3) is 0 Å². The van der Waals surface area contributed by atoms with E-state index in [1.54, 1.807) is 6.07 Å². The number of nitrogens with zero attached hydrogens (tertiary/aromatic N) is 3. The molecular formula is C12H17N5O3S. The van der Waals surface area contributed by atoms with Crippen LogP contribution in [0.1, 0.15) is 5.82 Å². The number of sulfonamides is 1. The summed E-state index contributed by atoms with van der Waals surface area (Å²) in [6.07, 6.45) is 1.85. The van der Waals surface area contributed by atoms with Crippen molar-refractivity contribution in [2.75, 3.05) is 31.7 Å². The van der Waals surface area contributed by atoms with Crippen LogP contribution >= 0.6 is 0 Å². The average molecular weight is 311 g/mol. The maximum Gasteiger partial charge on any atom is 0.242 e. The SMILES string of the molecule is CN(C)S(=O)(=O)c1ccc(NCCc2ncon2)c(N)c1. The fraction of sp³-hybridized carbons (Fsp3) is 0.333. The quantitative estimate of drug-likeness (QED) is 0.749. The minimum atomic E-state index is -3.48. The van der Waals surface area contributed by atoms with Gasteiger partial charge in [-0.05, 0) is 18.2 Å². The topological polar surface area (TPSA) is 114 Å². The fourth-order valence-corrected chi connectivity index (χ4v) is 2.62. The Morgan fingerprint density at radius 1 is 1.38 bits per heavy atom. The number of aromatic nitrogens is 2. The molecular weight excluding hydrogens is 294 g/mol. The van der Waals surface area contributed by atoms with Crippen LogP contribution in [-0.4, -0.2) is 43.5 Å². The van der Waals surface area contributed by atoms with Crippen LogP contribution in [0.5, 0.6) is 0 Å². The van der Waals surface area contributed by atoms with Gasteiger partial charge in [-0.1, -0.05) is 5.16 Å². The first-order chi connectivity index (χ1) is 9.91. The van der Waals surface area contributed by atoms with Gasteiger partial charge in [0.1, 0.15) is 0 Å². The lowest BCUT2D eigenvalue weighted by molar-refractivity contribution is 0.410. The minimum absolute atomic E-state index is 0.161. The third-order valence-corrected chi connectivity index (χ3v) is 4.68. The number of nitrogen functional groups attached to an aromatic ring is 1. The second-order valence-corrected chi connectivity index (χ2v) is 6.71. The van der Waals surface area contributed by atoms with Gasteiger partial charge >= 0.3 is 0 Å². The molecule has 3 N–H and O–H groups in total. The van der Waals surface area contributed by atoms with Crippen LogP contribution < -0.4 is 11.1 Å². The average Bonchev–Trinajstić information content (AvgIpc) is 2.93. The Morgan fingerprint density at radius 3 is 2.71 bits per heavy atom. The third-order valence-electron chi connectivity index (χ3n) is 2.87. The lowest BCUT2D eigenvalue weighted by atomic mass is 10.2. The molecule has 8 nitrogen and oxygen atoms in total. The number of anilines is 2. The van der Waals surface area contributed by atoms with Crippen molar-refractivity contribution in [3.63, 3.8) is 0 Å². The largest absolute Gasteiger partial charge is 0.397 e. The Labute approximate surface area is 123 Å². The highest BCUT2D eigenvalue weighted by Crippen LogP contribution is 2.23. The van der Waals surface area contributed by atoms with Crippen molar-refractivity contribution in [1.29, 1.82) is 0 Å². The van der Waals surface area contributed by atoms with Crippen LogP contribution in [0, 0.1) is 0 Å². The molecule has 0 bridgehead atoms. The van der Waals surface area contributed by atoms with Gasteiger partial charge in [0.15, 0.2) is 5.82 Å². The summed E-state index contributed by atoms with van der Waals surface area (Å²) < 4.78 is 29.8. The van der Waals surface area contributed by atoms with E-state index in [0.29, 0.717) is 30.2 Å². The van der Waals surface area contributed by atoms with E-state index in [2.05, 4.69) is 20.0 Å². The first-order valence-electron chi connectivity index (χ1n) is 6.22. The predicted octanol–water partition coefficient (Wildman–Crippen LogP) is 0.557. The number of nitrogens with one attached hydrogen (secondary N) is 1. The first-order valence-corrected chi connectivity index (χ1v) is 7.66. The molecule has 1 aromatic heterocycles. The maximum atomic E-state index is 12.0. The van der Waals surface area contributed by atoms with Crippen LogP contribution in [0.2, 0.25) is 0 Å². The molecule has 1 aromatic carbocycles. The molecule has 114 valence electrons. The Balaban J connectivity index is 2.06. The fourth-order valence-electron chi connectivity index (χ4n) is 1.68. The zero-order valence-corrected chi connectivity index (χ0v) is 12.6. The summed E-state index contributed by atoms with van der Waals surface area (Å²) in [7, 11) is -0.529. The normalized spacial score (nSPS) is 11.8. The van der Waals surface area contributed by atoms with Crippen molar-refractivity contribution in [3.8, 4) is 0 Å². The zero-order valence-electron chi connectivity index (χ0n) is 11.8. The van der Waals surface area contributed by atoms with Crippen LogP contribution in [0.15, 0.2) is 34.0 Å². The van der Waals surface area contributed by atoms with Gasteiger partial charge in [-0.15, -0.1) is 0 Å². The molecule has 0 spiro atoms. The summed E-state index contributed by atoms with van der Waals surface area (Å²) in [4.78, 5) is 4.06. The van der Waals surface area contributed by atoms with Gasteiger partial charge in [0.2, 0.25) is 16.4 Å². The first kappa shape index (κ1) is 15.3. The highest BCUT2D eigenvalue weighted by molar-refractivity contribution is 7.89. The van der Waals surface area contributed by atoms with E-state index >= 15 is 0 Å². The van der Waals surface area contributed by atoms with Gasteiger partial charge in [-0.25, -0.2) is 12.7 Å². The van der Waals surface area contributed by atoms with Gasteiger partial charge in [0, 0.05) is 27.1 Å². The molecule has 0 fully saturated rings. The van der Waals surface area contributed by atoms with Gasteiger partial charge in [0.05, 0.1) is 16.3 Å². The molecule has 0 aliphatic rings. The number of rotatable bonds is 6. The lowest BCUT2D eigenvalue weighted by Crippen LogP contribution is -2.22. The summed E-state index contributed by atoms with van der Waals surface area (Å²) >= 11 is 0. The molecule has 1 heterocycles. The molecule has 0 amide bonds. The number of hydrogen-bond donors (Lipinski definition) is 2. The van der Waals surface area contributed by atoms with Gasteiger partial charge in [-0.3, -0.25) is 0 Å². The van der Waals surface area contributed by atoms with Crippen LogP contribution in [0.3, 0.4) is 0 Å². The van der Waals surface area contributed by atoms with Crippen molar-refractivity contribution in [2.24, 2.45) is 0 Å². The van der Waals surface area contributed by atoms with Crippen molar-refractivity contribution >= 4 is 21.4 Å². The molecule has 0 saturated carbocycles. The number of nitrogens with two attached hydrogens (primary N) is 1. The molecule has 0 aliphatic heterocycles. The Hall–Kier alpha value is -2.13. The summed E-state index contributed by atoms with van der Waals surface area (Å²) in [5.41, 5.74) is 6.91. The molecule has 21 heavy (non-hydrogen) atoms. The highest BCUT2D eigenvalue weighted by atomic mass is 32.2. The van der Waals surface area contributed by atoms with E-state index in [4.69, 9.17) is 5.73 Å². The van der Waals surface area contributed by atoms with E-state index in [-0.39, 0.29) is 4.90 Å². The second kappa shape index (κ2) is 6.10. The van der Waals surface area contributed by atoms with Crippen molar-refractivity contribution in [1.82, 2.24) is 14.4 Å². The zero-order chi connectivity index (χ0) is 15.5. The minimum Gasteiger partial charge on any atom is -0.397 e. The highest BCUT2D eigenvalue weighted by Gasteiger charge is 2.18. The number of hydrogen-bond acceptors (Lipinski definition) is 7. The van der Waals surface area contributed by atoms with E-state index in [9.17, 15) is 8.42 Å². The standard InChI is InChI=1S/C12H17N5O3S/c1-17(2)21(18,19)9-3-4-11(10(13)7-9)14-6-5-12-15-8-20-16-12/h3-4,7-8,14H,5-6,13H2,1-2H3. The van der Waals surface area contributed by atoms with Gasteiger partial charge in [0.25, 0.3) is 0 Å². The Morgan fingerprint density at radius 2 is 2.14 bits per heavy atom. The predicted molar refractivity (Wildman–Crippen MR) is 78.2 cm³/mol. The molecule has 2 aromatic rings. The van der Waals surface area contributed by atoms with Gasteiger partial charge < -0.3 is 15.6 Å². The Bertz CT molecular complexity index is 698. The molecule has 0 aliphatic carbocycles. The second-order valence-electron chi connectivity index (χ2n) is 4.56. The van der Waals surface area contributed by atoms with Crippen molar-refractivity contribution in [3.05, 3.63) is 30.4 Å². The molecule has 0 saturated heterocycles. The molecule has 2 rings (SSSR count). The van der Waals surface area contributed by atoms with Crippen LogP contribution in [-0.2, 0) is 16.4 Å². The molecule has 0 radical (unpaired) electrons. The summed E-state index contributed by atoms with van der Waals surface area (Å²) in [5, 5.41) is 6.80. The number of benzene rings is 1. The van der Waals surface area contributed by atoms with Crippen molar-refractivity contribution < 1.29 is 12.9 Å². The third kappa shape index (κ3) is 3.50. The summed E-state index contributed by atoms with van der Waals surface area (Å²) in [5.74, 6) is 0.591.